The SMILES string of the molecule is Cc1c(C(=O)N2CC3CCC(N)C3C2)cnn1-c1ccccc1.Cl. The van der Waals surface area contributed by atoms with Crippen LogP contribution in [-0.4, -0.2) is 39.7 Å². The Morgan fingerprint density at radius 2 is 1.96 bits per heavy atom. The van der Waals surface area contributed by atoms with E-state index in [0.717, 1.165) is 37.3 Å². The van der Waals surface area contributed by atoms with Crippen LogP contribution in [0.15, 0.2) is 36.5 Å². The van der Waals surface area contributed by atoms with Crippen LogP contribution in [0.4, 0.5) is 0 Å². The smallest absolute Gasteiger partial charge is 0.257 e. The van der Waals surface area contributed by atoms with E-state index in [1.807, 2.05) is 46.8 Å². The van der Waals surface area contributed by atoms with Crippen molar-refractivity contribution in [3.8, 4) is 5.69 Å². The van der Waals surface area contributed by atoms with Crippen molar-refractivity contribution in [2.75, 3.05) is 13.1 Å². The lowest BCUT2D eigenvalue weighted by Gasteiger charge is -2.18. The number of amides is 1. The fourth-order valence-corrected chi connectivity index (χ4v) is 4.09. The van der Waals surface area contributed by atoms with Crippen LogP contribution in [0, 0.1) is 18.8 Å². The van der Waals surface area contributed by atoms with Gasteiger partial charge >= 0.3 is 0 Å². The predicted molar refractivity (Wildman–Crippen MR) is 95.6 cm³/mol. The third kappa shape index (κ3) is 2.72. The lowest BCUT2D eigenvalue weighted by molar-refractivity contribution is 0.0779. The average Bonchev–Trinajstić information content (AvgIpc) is 3.24. The summed E-state index contributed by atoms with van der Waals surface area (Å²) in [4.78, 5) is 14.8. The van der Waals surface area contributed by atoms with E-state index in [1.165, 1.54) is 0 Å². The number of halogens is 1. The van der Waals surface area contributed by atoms with Gasteiger partial charge in [0.25, 0.3) is 5.91 Å². The summed E-state index contributed by atoms with van der Waals surface area (Å²) >= 11 is 0. The van der Waals surface area contributed by atoms with Crippen molar-refractivity contribution in [1.29, 1.82) is 0 Å². The fraction of sp³-hybridized carbons (Fsp3) is 0.444. The molecule has 2 aromatic rings. The first-order valence-corrected chi connectivity index (χ1v) is 8.30. The van der Waals surface area contributed by atoms with Gasteiger partial charge in [-0.3, -0.25) is 4.79 Å². The summed E-state index contributed by atoms with van der Waals surface area (Å²) in [5, 5.41) is 4.41. The third-order valence-corrected chi connectivity index (χ3v) is 5.44. The van der Waals surface area contributed by atoms with Crippen LogP contribution in [0.25, 0.3) is 5.69 Å². The van der Waals surface area contributed by atoms with Gasteiger partial charge in [0.1, 0.15) is 0 Å². The number of carbonyl (C=O) groups excluding carboxylic acids is 1. The minimum Gasteiger partial charge on any atom is -0.338 e. The molecule has 0 radical (unpaired) electrons. The number of hydrogen-bond acceptors (Lipinski definition) is 3. The standard InChI is InChI=1S/C18H22N4O.ClH/c1-12-15(9-20-22(12)14-5-3-2-4-6-14)18(23)21-10-13-7-8-17(19)16(13)11-21;/h2-6,9,13,16-17H,7-8,10-11,19H2,1H3;1H. The quantitative estimate of drug-likeness (QED) is 0.908. The molecule has 1 aliphatic heterocycles. The van der Waals surface area contributed by atoms with Gasteiger partial charge in [0.05, 0.1) is 23.1 Å². The molecule has 2 heterocycles. The van der Waals surface area contributed by atoms with Gasteiger partial charge in [-0.15, -0.1) is 12.4 Å². The highest BCUT2D eigenvalue weighted by molar-refractivity contribution is 5.95. The van der Waals surface area contributed by atoms with Crippen LogP contribution >= 0.6 is 12.4 Å². The van der Waals surface area contributed by atoms with Gasteiger partial charge in [0, 0.05) is 19.1 Å². The summed E-state index contributed by atoms with van der Waals surface area (Å²) in [6, 6.07) is 10.2. The zero-order valence-corrected chi connectivity index (χ0v) is 14.6. The average molecular weight is 347 g/mol. The molecule has 0 spiro atoms. The molecule has 3 unspecified atom stereocenters. The molecule has 0 bridgehead atoms. The number of rotatable bonds is 2. The number of aromatic nitrogens is 2. The minimum absolute atomic E-state index is 0. The molecule has 2 fully saturated rings. The second kappa shape index (κ2) is 6.57. The Bertz CT molecular complexity index is 730. The Balaban J connectivity index is 0.00000169. The zero-order chi connectivity index (χ0) is 16.0. The molecule has 2 aliphatic rings. The van der Waals surface area contributed by atoms with E-state index in [0.29, 0.717) is 17.4 Å². The molecule has 1 aliphatic carbocycles. The van der Waals surface area contributed by atoms with E-state index in [1.54, 1.807) is 6.20 Å². The molecular formula is C18H23ClN4O. The van der Waals surface area contributed by atoms with Crippen LogP contribution in [0.2, 0.25) is 0 Å². The Hall–Kier alpha value is -1.85. The highest BCUT2D eigenvalue weighted by Crippen LogP contribution is 2.37. The maximum Gasteiger partial charge on any atom is 0.257 e. The Labute approximate surface area is 148 Å². The number of nitrogens with zero attached hydrogens (tertiary/aromatic N) is 3. The fourth-order valence-electron chi connectivity index (χ4n) is 4.09. The second-order valence-electron chi connectivity index (χ2n) is 6.77. The minimum atomic E-state index is 0. The highest BCUT2D eigenvalue weighted by atomic mass is 35.5. The first-order valence-electron chi connectivity index (χ1n) is 8.30. The molecule has 1 aromatic heterocycles. The van der Waals surface area contributed by atoms with Crippen molar-refractivity contribution < 1.29 is 4.79 Å². The van der Waals surface area contributed by atoms with Crippen molar-refractivity contribution >= 4 is 18.3 Å². The molecule has 4 rings (SSSR count). The van der Waals surface area contributed by atoms with Crippen LogP contribution in [0.5, 0.6) is 0 Å². The first kappa shape index (κ1) is 17.0. The number of nitrogens with two attached hydrogens (primary N) is 1. The van der Waals surface area contributed by atoms with E-state index in [-0.39, 0.29) is 24.4 Å². The van der Waals surface area contributed by atoms with Crippen molar-refractivity contribution in [1.82, 2.24) is 14.7 Å². The molecule has 1 amide bonds. The molecule has 24 heavy (non-hydrogen) atoms. The van der Waals surface area contributed by atoms with E-state index >= 15 is 0 Å². The van der Waals surface area contributed by atoms with Gasteiger partial charge in [0.2, 0.25) is 0 Å². The van der Waals surface area contributed by atoms with Crippen LogP contribution in [0.3, 0.4) is 0 Å². The predicted octanol–water partition coefficient (Wildman–Crippen LogP) is 2.41. The van der Waals surface area contributed by atoms with Gasteiger partial charge in [-0.05, 0) is 43.7 Å². The van der Waals surface area contributed by atoms with E-state index < -0.39 is 0 Å². The number of carbonyl (C=O) groups is 1. The summed E-state index contributed by atoms with van der Waals surface area (Å²) in [5.74, 6) is 1.15. The van der Waals surface area contributed by atoms with Crippen molar-refractivity contribution in [2.45, 2.75) is 25.8 Å². The summed E-state index contributed by atoms with van der Waals surface area (Å²) in [5.41, 5.74) is 8.74. The first-order chi connectivity index (χ1) is 11.1. The molecule has 1 saturated carbocycles. The summed E-state index contributed by atoms with van der Waals surface area (Å²) in [7, 11) is 0. The van der Waals surface area contributed by atoms with Gasteiger partial charge in [0.15, 0.2) is 0 Å². The summed E-state index contributed by atoms with van der Waals surface area (Å²) < 4.78 is 1.83. The van der Waals surface area contributed by atoms with Crippen molar-refractivity contribution in [2.24, 2.45) is 17.6 Å². The van der Waals surface area contributed by atoms with Crippen molar-refractivity contribution in [3.63, 3.8) is 0 Å². The third-order valence-electron chi connectivity index (χ3n) is 5.44. The molecule has 1 saturated heterocycles. The van der Waals surface area contributed by atoms with E-state index in [4.69, 9.17) is 5.73 Å². The highest BCUT2D eigenvalue weighted by Gasteiger charge is 2.42. The molecule has 1 aromatic carbocycles. The molecule has 6 heteroatoms. The molecule has 128 valence electrons. The lowest BCUT2D eigenvalue weighted by atomic mass is 9.98. The molecule has 3 atom stereocenters. The van der Waals surface area contributed by atoms with Gasteiger partial charge in [-0.2, -0.15) is 5.10 Å². The topological polar surface area (TPSA) is 64.2 Å². The van der Waals surface area contributed by atoms with Crippen LogP contribution in [0.1, 0.15) is 28.9 Å². The number of para-hydroxylation sites is 1. The molecular weight excluding hydrogens is 324 g/mol. The summed E-state index contributed by atoms with van der Waals surface area (Å²) in [6.07, 6.45) is 3.94. The van der Waals surface area contributed by atoms with Crippen LogP contribution < -0.4 is 5.73 Å². The summed E-state index contributed by atoms with van der Waals surface area (Å²) in [6.45, 7) is 3.59. The Morgan fingerprint density at radius 1 is 1.21 bits per heavy atom. The van der Waals surface area contributed by atoms with Crippen LogP contribution in [-0.2, 0) is 0 Å². The van der Waals surface area contributed by atoms with Crippen molar-refractivity contribution in [3.05, 3.63) is 47.8 Å². The maximum absolute atomic E-state index is 12.9. The number of fused-ring (bicyclic) bond motifs is 1. The zero-order valence-electron chi connectivity index (χ0n) is 13.8. The Kier molecular flexibility index (Phi) is 4.65. The maximum atomic E-state index is 12.9. The second-order valence-corrected chi connectivity index (χ2v) is 6.77. The Morgan fingerprint density at radius 3 is 2.67 bits per heavy atom. The van der Waals surface area contributed by atoms with E-state index in [9.17, 15) is 4.79 Å². The van der Waals surface area contributed by atoms with E-state index in [2.05, 4.69) is 5.10 Å². The van der Waals surface area contributed by atoms with Gasteiger partial charge in [-0.1, -0.05) is 18.2 Å². The van der Waals surface area contributed by atoms with Gasteiger partial charge < -0.3 is 10.6 Å². The molecule has 2 N–H and O–H groups in total. The lowest BCUT2D eigenvalue weighted by Crippen LogP contribution is -2.33. The largest absolute Gasteiger partial charge is 0.338 e. The molecule has 5 nitrogen and oxygen atoms in total. The number of benzene rings is 1. The normalized spacial score (nSPS) is 25.4. The number of hydrogen-bond donors (Lipinski definition) is 1. The number of likely N-dealkylation sites (tertiary alicyclic amines) is 1. The van der Waals surface area contributed by atoms with Gasteiger partial charge in [-0.25, -0.2) is 4.68 Å². The monoisotopic (exact) mass is 346 g/mol.